The average Bonchev–Trinajstić information content (AvgIpc) is 2.57. The summed E-state index contributed by atoms with van der Waals surface area (Å²) >= 11 is 12.5. The van der Waals surface area contributed by atoms with Crippen LogP contribution in [0.25, 0.3) is 0 Å². The second-order valence-corrected chi connectivity index (χ2v) is 6.72. The lowest BCUT2D eigenvalue weighted by Crippen LogP contribution is -2.47. The molecule has 3 rings (SSSR count). The van der Waals surface area contributed by atoms with Crippen LogP contribution in [0.3, 0.4) is 0 Å². The first-order valence-corrected chi connectivity index (χ1v) is 8.60. The molecule has 0 saturated carbocycles. The van der Waals surface area contributed by atoms with Gasteiger partial charge in [-0.25, -0.2) is 4.39 Å². The molecule has 0 unspecified atom stereocenters. The van der Waals surface area contributed by atoms with E-state index in [1.165, 1.54) is 12.1 Å². The van der Waals surface area contributed by atoms with Crippen LogP contribution in [0.1, 0.15) is 24.4 Å². The highest BCUT2D eigenvalue weighted by molar-refractivity contribution is 6.42. The first-order valence-electron chi connectivity index (χ1n) is 7.84. The molecule has 2 heterocycles. The number of rotatable bonds is 3. The molecule has 138 valence electrons. The molecule has 1 atom stereocenters. The molecule has 2 fully saturated rings. The van der Waals surface area contributed by atoms with E-state index < -0.39 is 0 Å². The fourth-order valence-corrected chi connectivity index (χ4v) is 3.95. The van der Waals surface area contributed by atoms with E-state index in [0.29, 0.717) is 21.5 Å². The number of halogens is 5. The van der Waals surface area contributed by atoms with Crippen LogP contribution in [0.4, 0.5) is 4.39 Å². The van der Waals surface area contributed by atoms with E-state index in [2.05, 4.69) is 10.2 Å². The molecule has 24 heavy (non-hydrogen) atoms. The van der Waals surface area contributed by atoms with Crippen LogP contribution in [0.5, 0.6) is 0 Å². The maximum absolute atomic E-state index is 14.6. The summed E-state index contributed by atoms with van der Waals surface area (Å²) in [4.78, 5) is 2.34. The fraction of sp³-hybridized carbons (Fsp3) is 0.625. The van der Waals surface area contributed by atoms with Gasteiger partial charge >= 0.3 is 0 Å². The van der Waals surface area contributed by atoms with Crippen molar-refractivity contribution in [3.8, 4) is 0 Å². The Labute approximate surface area is 165 Å². The summed E-state index contributed by atoms with van der Waals surface area (Å²) in [6.07, 6.45) is 1.85. The highest BCUT2D eigenvalue weighted by Crippen LogP contribution is 2.41. The molecule has 2 aliphatic rings. The lowest BCUT2D eigenvalue weighted by molar-refractivity contribution is 0.0203. The number of nitrogens with one attached hydrogen (secondary N) is 1. The summed E-state index contributed by atoms with van der Waals surface area (Å²) in [5.74, 6) is 0.0849. The quantitative estimate of drug-likeness (QED) is 0.737. The van der Waals surface area contributed by atoms with E-state index >= 15 is 0 Å². The van der Waals surface area contributed by atoms with E-state index in [1.54, 1.807) is 0 Å². The van der Waals surface area contributed by atoms with Gasteiger partial charge in [0.05, 0.1) is 10.0 Å². The van der Waals surface area contributed by atoms with Gasteiger partial charge in [-0.2, -0.15) is 0 Å². The first-order chi connectivity index (χ1) is 10.7. The molecule has 2 saturated heterocycles. The molecule has 3 nitrogen and oxygen atoms in total. The second kappa shape index (κ2) is 10.4. The van der Waals surface area contributed by atoms with E-state index in [-0.39, 0.29) is 36.7 Å². The molecule has 0 bridgehead atoms. The zero-order valence-corrected chi connectivity index (χ0v) is 16.4. The smallest absolute Gasteiger partial charge is 0.129 e. The Hall–Kier alpha value is 0.190. The normalized spacial score (nSPS) is 20.8. The van der Waals surface area contributed by atoms with Crippen molar-refractivity contribution in [2.24, 2.45) is 5.92 Å². The summed E-state index contributed by atoms with van der Waals surface area (Å²) in [5.41, 5.74) is 0.558. The van der Waals surface area contributed by atoms with Gasteiger partial charge in [0.15, 0.2) is 0 Å². The Kier molecular flexibility index (Phi) is 9.60. The lowest BCUT2D eigenvalue weighted by atomic mass is 9.85. The molecule has 0 aliphatic carbocycles. The van der Waals surface area contributed by atoms with E-state index in [0.717, 1.165) is 52.2 Å². The highest BCUT2D eigenvalue weighted by Gasteiger charge is 2.34. The van der Waals surface area contributed by atoms with Crippen molar-refractivity contribution < 1.29 is 9.13 Å². The third kappa shape index (κ3) is 4.88. The van der Waals surface area contributed by atoms with Gasteiger partial charge < -0.3 is 10.1 Å². The van der Waals surface area contributed by atoms with Gasteiger partial charge in [-0.1, -0.05) is 23.2 Å². The van der Waals surface area contributed by atoms with Crippen molar-refractivity contribution in [1.29, 1.82) is 0 Å². The Morgan fingerprint density at radius 3 is 2.38 bits per heavy atom. The third-order valence-corrected chi connectivity index (χ3v) is 5.45. The van der Waals surface area contributed by atoms with Crippen LogP contribution in [0.2, 0.25) is 10.0 Å². The third-order valence-electron chi connectivity index (χ3n) is 4.63. The van der Waals surface area contributed by atoms with Crippen LogP contribution >= 0.6 is 48.0 Å². The molecule has 1 aromatic carbocycles. The van der Waals surface area contributed by atoms with Crippen LogP contribution < -0.4 is 5.32 Å². The van der Waals surface area contributed by atoms with Crippen molar-refractivity contribution in [2.45, 2.75) is 18.9 Å². The largest absolute Gasteiger partial charge is 0.381 e. The molecule has 0 radical (unpaired) electrons. The minimum absolute atomic E-state index is 0. The standard InChI is InChI=1S/C16H21Cl2FN2O.2ClH/c17-12-1-2-13(19)14(15(12)18)16(11-3-9-22-10-4-11)21-7-5-20-6-8-21;;/h1-2,11,16,20H,3-10H2;2*1H/t16-;;/m0../s1. The summed E-state index contributed by atoms with van der Waals surface area (Å²) in [6.45, 7) is 5.08. The monoisotopic (exact) mass is 418 g/mol. The molecular formula is C16H23Cl4FN2O. The van der Waals surface area contributed by atoms with Crippen LogP contribution in [0, 0.1) is 11.7 Å². The molecule has 1 aromatic rings. The van der Waals surface area contributed by atoms with Crippen molar-refractivity contribution in [1.82, 2.24) is 10.2 Å². The average molecular weight is 420 g/mol. The molecule has 0 amide bonds. The summed E-state index contributed by atoms with van der Waals surface area (Å²) < 4.78 is 20.0. The van der Waals surface area contributed by atoms with Gasteiger partial charge in [-0.05, 0) is 30.9 Å². The first kappa shape index (κ1) is 22.2. The van der Waals surface area contributed by atoms with E-state index in [1.807, 2.05) is 0 Å². The number of benzene rings is 1. The number of hydrogen-bond acceptors (Lipinski definition) is 3. The number of ether oxygens (including phenoxy) is 1. The SMILES string of the molecule is Cl.Cl.Fc1ccc(Cl)c(Cl)c1[C@H](C1CCOCC1)N1CCNCC1. The summed E-state index contributed by atoms with van der Waals surface area (Å²) in [5, 5.41) is 4.13. The summed E-state index contributed by atoms with van der Waals surface area (Å²) in [6, 6.07) is 2.93. The Morgan fingerprint density at radius 1 is 1.12 bits per heavy atom. The number of nitrogens with zero attached hydrogens (tertiary/aromatic N) is 1. The minimum atomic E-state index is -0.260. The van der Waals surface area contributed by atoms with E-state index in [9.17, 15) is 4.39 Å². The van der Waals surface area contributed by atoms with Gasteiger partial charge in [-0.3, -0.25) is 4.90 Å². The Bertz CT molecular complexity index is 505. The van der Waals surface area contributed by atoms with Crippen molar-refractivity contribution >= 4 is 48.0 Å². The van der Waals surface area contributed by atoms with Crippen LogP contribution in [-0.2, 0) is 4.74 Å². The topological polar surface area (TPSA) is 24.5 Å². The van der Waals surface area contributed by atoms with Gasteiger partial charge in [0, 0.05) is 51.0 Å². The van der Waals surface area contributed by atoms with Crippen LogP contribution in [-0.4, -0.2) is 44.3 Å². The number of piperazine rings is 1. The number of hydrogen-bond donors (Lipinski definition) is 1. The Morgan fingerprint density at radius 2 is 1.75 bits per heavy atom. The predicted molar refractivity (Wildman–Crippen MR) is 102 cm³/mol. The molecular weight excluding hydrogens is 397 g/mol. The van der Waals surface area contributed by atoms with Crippen molar-refractivity contribution in [3.63, 3.8) is 0 Å². The minimum Gasteiger partial charge on any atom is -0.381 e. The van der Waals surface area contributed by atoms with Crippen molar-refractivity contribution in [3.05, 3.63) is 33.6 Å². The molecule has 0 spiro atoms. The fourth-order valence-electron chi connectivity index (χ4n) is 3.52. The van der Waals surface area contributed by atoms with Gasteiger partial charge in [0.2, 0.25) is 0 Å². The predicted octanol–water partition coefficient (Wildman–Crippen LogP) is 4.35. The molecule has 0 aromatic heterocycles. The van der Waals surface area contributed by atoms with E-state index in [4.69, 9.17) is 27.9 Å². The molecule has 2 aliphatic heterocycles. The molecule has 8 heteroatoms. The summed E-state index contributed by atoms with van der Waals surface area (Å²) in [7, 11) is 0. The zero-order chi connectivity index (χ0) is 15.5. The van der Waals surface area contributed by atoms with Crippen molar-refractivity contribution in [2.75, 3.05) is 39.4 Å². The van der Waals surface area contributed by atoms with Gasteiger partial charge in [0.1, 0.15) is 5.82 Å². The van der Waals surface area contributed by atoms with Gasteiger partial charge in [-0.15, -0.1) is 24.8 Å². The zero-order valence-electron chi connectivity index (χ0n) is 13.3. The maximum Gasteiger partial charge on any atom is 0.129 e. The lowest BCUT2D eigenvalue weighted by Gasteiger charge is -2.41. The van der Waals surface area contributed by atoms with Crippen LogP contribution in [0.15, 0.2) is 12.1 Å². The second-order valence-electron chi connectivity index (χ2n) is 5.94. The highest BCUT2D eigenvalue weighted by atomic mass is 35.5. The maximum atomic E-state index is 14.6. The Balaban J connectivity index is 0.00000144. The molecule has 1 N–H and O–H groups in total. The van der Waals surface area contributed by atoms with Gasteiger partial charge in [0.25, 0.3) is 0 Å².